The van der Waals surface area contributed by atoms with Crippen LogP contribution in [0, 0.1) is 0 Å². The molecule has 0 saturated carbocycles. The minimum Gasteiger partial charge on any atom is -0.316 e. The lowest BCUT2D eigenvalue weighted by Gasteiger charge is -2.32. The highest BCUT2D eigenvalue weighted by Gasteiger charge is 2.30. The van der Waals surface area contributed by atoms with Gasteiger partial charge in [-0.25, -0.2) is 0 Å². The fourth-order valence-electron chi connectivity index (χ4n) is 2.54. The van der Waals surface area contributed by atoms with Crippen LogP contribution in [0.4, 0.5) is 13.2 Å². The van der Waals surface area contributed by atoms with E-state index in [1.807, 2.05) is 7.05 Å². The fraction of sp³-hybridized carbons (Fsp3) is 0.571. The largest absolute Gasteiger partial charge is 0.416 e. The van der Waals surface area contributed by atoms with E-state index in [1.165, 1.54) is 12.1 Å². The first-order chi connectivity index (χ1) is 8.99. The van der Waals surface area contributed by atoms with Crippen molar-refractivity contribution in [1.29, 1.82) is 0 Å². The number of halogens is 3. The summed E-state index contributed by atoms with van der Waals surface area (Å²) in [5.41, 5.74) is 0.166. The molecule has 0 aromatic heterocycles. The molecule has 1 aromatic carbocycles. The van der Waals surface area contributed by atoms with E-state index in [0.717, 1.165) is 37.6 Å². The van der Waals surface area contributed by atoms with Crippen molar-refractivity contribution in [1.82, 2.24) is 10.2 Å². The Morgan fingerprint density at radius 3 is 2.84 bits per heavy atom. The number of hydrogen-bond acceptors (Lipinski definition) is 2. The summed E-state index contributed by atoms with van der Waals surface area (Å²) < 4.78 is 37.9. The van der Waals surface area contributed by atoms with Gasteiger partial charge in [-0.05, 0) is 38.1 Å². The number of nitrogens with zero attached hydrogens (tertiary/aromatic N) is 1. The molecule has 0 aliphatic carbocycles. The standard InChI is InChI=1S/C14H19F3N2/c1-18-13-6-3-7-19(10-13)9-11-4-2-5-12(8-11)14(15,16)17/h2,4-5,8,13,18H,3,6-7,9-10H2,1H3. The van der Waals surface area contributed by atoms with Crippen LogP contribution in [0.1, 0.15) is 24.0 Å². The summed E-state index contributed by atoms with van der Waals surface area (Å²) in [6.07, 6.45) is -2.04. The van der Waals surface area contributed by atoms with Gasteiger partial charge in [0.25, 0.3) is 0 Å². The maximum Gasteiger partial charge on any atom is 0.416 e. The van der Waals surface area contributed by atoms with E-state index in [0.29, 0.717) is 12.6 Å². The van der Waals surface area contributed by atoms with Crippen LogP contribution < -0.4 is 5.32 Å². The van der Waals surface area contributed by atoms with Gasteiger partial charge >= 0.3 is 6.18 Å². The van der Waals surface area contributed by atoms with Gasteiger partial charge in [0.05, 0.1) is 5.56 Å². The van der Waals surface area contributed by atoms with Gasteiger partial charge in [-0.1, -0.05) is 18.2 Å². The molecule has 1 saturated heterocycles. The maximum absolute atomic E-state index is 12.6. The summed E-state index contributed by atoms with van der Waals surface area (Å²) in [5, 5.41) is 3.23. The van der Waals surface area contributed by atoms with Gasteiger partial charge in [0.15, 0.2) is 0 Å². The van der Waals surface area contributed by atoms with Crippen molar-refractivity contribution in [3.63, 3.8) is 0 Å². The third kappa shape index (κ3) is 3.94. The molecule has 5 heteroatoms. The second-order valence-electron chi connectivity index (χ2n) is 5.06. The molecule has 1 N–H and O–H groups in total. The molecule has 0 bridgehead atoms. The van der Waals surface area contributed by atoms with Crippen LogP contribution >= 0.6 is 0 Å². The molecule has 1 aromatic rings. The average molecular weight is 272 g/mol. The molecule has 0 spiro atoms. The van der Waals surface area contributed by atoms with Gasteiger partial charge in [-0.3, -0.25) is 4.90 Å². The van der Waals surface area contributed by atoms with Crippen LogP contribution in [0.15, 0.2) is 24.3 Å². The van der Waals surface area contributed by atoms with Gasteiger partial charge in [0.1, 0.15) is 0 Å². The number of rotatable bonds is 3. The SMILES string of the molecule is CNC1CCCN(Cc2cccc(C(F)(F)F)c2)C1. The molecule has 0 radical (unpaired) electrons. The van der Waals surface area contributed by atoms with Gasteiger partial charge in [-0.15, -0.1) is 0 Å². The maximum atomic E-state index is 12.6. The highest BCUT2D eigenvalue weighted by molar-refractivity contribution is 5.25. The Morgan fingerprint density at radius 2 is 2.16 bits per heavy atom. The number of likely N-dealkylation sites (N-methyl/N-ethyl adjacent to an activating group) is 1. The smallest absolute Gasteiger partial charge is 0.316 e. The predicted octanol–water partition coefficient (Wildman–Crippen LogP) is 2.89. The number of hydrogen-bond donors (Lipinski definition) is 1. The Kier molecular flexibility index (Phi) is 4.47. The predicted molar refractivity (Wildman–Crippen MR) is 68.8 cm³/mol. The van der Waals surface area contributed by atoms with Gasteiger partial charge < -0.3 is 5.32 Å². The summed E-state index contributed by atoms with van der Waals surface area (Å²) in [6.45, 7) is 2.43. The Morgan fingerprint density at radius 1 is 1.37 bits per heavy atom. The molecule has 2 nitrogen and oxygen atoms in total. The molecule has 1 atom stereocenters. The van der Waals surface area contributed by atoms with E-state index in [4.69, 9.17) is 0 Å². The zero-order chi connectivity index (χ0) is 13.9. The Balaban J connectivity index is 2.03. The first kappa shape index (κ1) is 14.3. The second kappa shape index (κ2) is 5.92. The second-order valence-corrected chi connectivity index (χ2v) is 5.06. The lowest BCUT2D eigenvalue weighted by molar-refractivity contribution is -0.137. The van der Waals surface area contributed by atoms with Crippen molar-refractivity contribution in [3.8, 4) is 0 Å². The first-order valence-electron chi connectivity index (χ1n) is 6.55. The zero-order valence-corrected chi connectivity index (χ0v) is 11.0. The van der Waals surface area contributed by atoms with E-state index in [1.54, 1.807) is 6.07 Å². The monoisotopic (exact) mass is 272 g/mol. The lowest BCUT2D eigenvalue weighted by atomic mass is 10.0. The van der Waals surface area contributed by atoms with E-state index < -0.39 is 11.7 Å². The van der Waals surface area contributed by atoms with Crippen LogP contribution in [0.5, 0.6) is 0 Å². The quantitative estimate of drug-likeness (QED) is 0.910. The third-order valence-electron chi connectivity index (χ3n) is 3.57. The summed E-state index contributed by atoms with van der Waals surface area (Å²) in [6, 6.07) is 6.06. The normalized spacial score (nSPS) is 21.6. The van der Waals surface area contributed by atoms with Crippen LogP contribution in [-0.4, -0.2) is 31.1 Å². The highest BCUT2D eigenvalue weighted by Crippen LogP contribution is 2.29. The summed E-state index contributed by atoms with van der Waals surface area (Å²) in [4.78, 5) is 2.21. The van der Waals surface area contributed by atoms with Crippen LogP contribution in [0.25, 0.3) is 0 Å². The number of nitrogens with one attached hydrogen (secondary N) is 1. The van der Waals surface area contributed by atoms with Gasteiger partial charge in [-0.2, -0.15) is 13.2 Å². The topological polar surface area (TPSA) is 15.3 Å². The molecular weight excluding hydrogens is 253 g/mol. The number of alkyl halides is 3. The van der Waals surface area contributed by atoms with E-state index in [2.05, 4.69) is 10.2 Å². The van der Waals surface area contributed by atoms with Gasteiger partial charge in [0.2, 0.25) is 0 Å². The molecule has 2 rings (SSSR count). The van der Waals surface area contributed by atoms with E-state index in [-0.39, 0.29) is 0 Å². The number of likely N-dealkylation sites (tertiary alicyclic amines) is 1. The molecular formula is C14H19F3N2. The third-order valence-corrected chi connectivity index (χ3v) is 3.57. The molecule has 19 heavy (non-hydrogen) atoms. The summed E-state index contributed by atoms with van der Waals surface area (Å²) in [7, 11) is 1.93. The Hall–Kier alpha value is -1.07. The Labute approximate surface area is 111 Å². The molecule has 1 aliphatic rings. The lowest BCUT2D eigenvalue weighted by Crippen LogP contribution is -2.43. The van der Waals surface area contributed by atoms with Crippen molar-refractivity contribution in [2.75, 3.05) is 20.1 Å². The van der Waals surface area contributed by atoms with Crippen LogP contribution in [0.3, 0.4) is 0 Å². The molecule has 1 aliphatic heterocycles. The molecule has 1 heterocycles. The first-order valence-corrected chi connectivity index (χ1v) is 6.55. The fourth-order valence-corrected chi connectivity index (χ4v) is 2.54. The summed E-state index contributed by atoms with van der Waals surface area (Å²) >= 11 is 0. The molecule has 1 unspecified atom stereocenters. The number of piperidine rings is 1. The van der Waals surface area contributed by atoms with E-state index >= 15 is 0 Å². The van der Waals surface area contributed by atoms with Crippen molar-refractivity contribution in [2.45, 2.75) is 31.6 Å². The average Bonchev–Trinajstić information content (AvgIpc) is 2.38. The molecule has 106 valence electrons. The Bertz CT molecular complexity index is 417. The van der Waals surface area contributed by atoms with Gasteiger partial charge in [0, 0.05) is 19.1 Å². The minimum absolute atomic E-state index is 0.444. The molecule has 1 fully saturated rings. The van der Waals surface area contributed by atoms with Crippen molar-refractivity contribution >= 4 is 0 Å². The highest BCUT2D eigenvalue weighted by atomic mass is 19.4. The van der Waals surface area contributed by atoms with Crippen molar-refractivity contribution < 1.29 is 13.2 Å². The van der Waals surface area contributed by atoms with E-state index in [9.17, 15) is 13.2 Å². The van der Waals surface area contributed by atoms with Crippen molar-refractivity contribution in [3.05, 3.63) is 35.4 Å². The van der Waals surface area contributed by atoms with Crippen molar-refractivity contribution in [2.24, 2.45) is 0 Å². The zero-order valence-electron chi connectivity index (χ0n) is 11.0. The minimum atomic E-state index is -4.26. The van der Waals surface area contributed by atoms with Crippen LogP contribution in [-0.2, 0) is 12.7 Å². The summed E-state index contributed by atoms with van der Waals surface area (Å²) in [5.74, 6) is 0. The number of benzene rings is 1. The molecule has 0 amide bonds. The van der Waals surface area contributed by atoms with Crippen LogP contribution in [0.2, 0.25) is 0 Å².